The molecule has 1 aliphatic carbocycles. The smallest absolute Gasteiger partial charge is 0.331 e. The van der Waals surface area contributed by atoms with E-state index in [0.717, 1.165) is 24.8 Å². The van der Waals surface area contributed by atoms with Crippen LogP contribution in [0.2, 0.25) is 0 Å². The van der Waals surface area contributed by atoms with Gasteiger partial charge in [-0.05, 0) is 57.3 Å². The summed E-state index contributed by atoms with van der Waals surface area (Å²) in [6.45, 7) is 15.7. The van der Waals surface area contributed by atoms with Crippen molar-refractivity contribution in [2.75, 3.05) is 0 Å². The molecule has 2 N–H and O–H groups in total. The number of allylic oxidation sites excluding steroid dienone is 4. The molecule has 3 nitrogen and oxygen atoms in total. The van der Waals surface area contributed by atoms with Crippen molar-refractivity contribution in [3.8, 4) is 0 Å². The number of carbonyl (C=O) groups is 1. The highest BCUT2D eigenvalue weighted by Gasteiger charge is 2.43. The Morgan fingerprint density at radius 2 is 2.00 bits per heavy atom. The van der Waals surface area contributed by atoms with E-state index in [-0.39, 0.29) is 16.9 Å². The van der Waals surface area contributed by atoms with E-state index < -0.39 is 11.6 Å². The van der Waals surface area contributed by atoms with Gasteiger partial charge in [-0.3, -0.25) is 0 Å². The Balaban J connectivity index is 2.92. The Bertz CT molecular complexity index is 539. The first-order valence-electron chi connectivity index (χ1n) is 8.14. The predicted octanol–water partition coefficient (Wildman–Crippen LogP) is 4.51. The zero-order valence-corrected chi connectivity index (χ0v) is 14.8. The summed E-state index contributed by atoms with van der Waals surface area (Å²) in [6, 6.07) is 0. The van der Waals surface area contributed by atoms with Gasteiger partial charge in [0, 0.05) is 5.57 Å². The number of carboxylic acid groups (broad SMARTS) is 1. The highest BCUT2D eigenvalue weighted by atomic mass is 16.4. The van der Waals surface area contributed by atoms with E-state index in [1.165, 1.54) is 13.0 Å². The summed E-state index contributed by atoms with van der Waals surface area (Å²) in [5.41, 5.74) is 0.436. The van der Waals surface area contributed by atoms with Gasteiger partial charge in [0.1, 0.15) is 0 Å². The molecule has 1 rings (SSSR count). The first-order chi connectivity index (χ1) is 10.5. The number of aliphatic carboxylic acids is 1. The second kappa shape index (κ2) is 7.31. The van der Waals surface area contributed by atoms with Crippen LogP contribution in [0.5, 0.6) is 0 Å². The van der Waals surface area contributed by atoms with E-state index in [9.17, 15) is 9.90 Å². The summed E-state index contributed by atoms with van der Waals surface area (Å²) in [4.78, 5) is 10.8. The van der Waals surface area contributed by atoms with Gasteiger partial charge in [-0.15, -0.1) is 6.58 Å². The van der Waals surface area contributed by atoms with E-state index in [1.807, 2.05) is 13.0 Å². The van der Waals surface area contributed by atoms with Crippen molar-refractivity contribution in [2.45, 2.75) is 52.6 Å². The van der Waals surface area contributed by atoms with E-state index in [1.54, 1.807) is 19.1 Å². The molecule has 1 aliphatic rings. The van der Waals surface area contributed by atoms with E-state index in [2.05, 4.69) is 20.1 Å². The average molecular weight is 318 g/mol. The molecule has 0 bridgehead atoms. The van der Waals surface area contributed by atoms with Crippen LogP contribution in [0.1, 0.15) is 47.0 Å². The van der Waals surface area contributed by atoms with Crippen LogP contribution in [0.25, 0.3) is 0 Å². The Kier molecular flexibility index (Phi) is 6.18. The van der Waals surface area contributed by atoms with Crippen LogP contribution in [0, 0.1) is 17.3 Å². The minimum atomic E-state index is -0.967. The monoisotopic (exact) mass is 318 g/mol. The van der Waals surface area contributed by atoms with Crippen molar-refractivity contribution in [1.29, 1.82) is 0 Å². The van der Waals surface area contributed by atoms with Gasteiger partial charge in [-0.2, -0.15) is 0 Å². The zero-order valence-electron chi connectivity index (χ0n) is 14.8. The Morgan fingerprint density at radius 3 is 2.48 bits per heavy atom. The molecule has 0 heterocycles. The number of rotatable bonds is 6. The van der Waals surface area contributed by atoms with E-state index in [0.29, 0.717) is 5.92 Å². The fraction of sp³-hybridized carbons (Fsp3) is 0.550. The number of hydrogen-bond donors (Lipinski definition) is 2. The summed E-state index contributed by atoms with van der Waals surface area (Å²) >= 11 is 0. The molecule has 0 saturated heterocycles. The van der Waals surface area contributed by atoms with Crippen LogP contribution in [0.3, 0.4) is 0 Å². The number of hydrogen-bond acceptors (Lipinski definition) is 2. The molecular formula is C20H30O3. The minimum absolute atomic E-state index is 0.0297. The second-order valence-corrected chi connectivity index (χ2v) is 7.32. The van der Waals surface area contributed by atoms with Gasteiger partial charge in [0.05, 0.1) is 5.60 Å². The molecular weight excluding hydrogens is 288 g/mol. The predicted molar refractivity (Wildman–Crippen MR) is 95.1 cm³/mol. The third kappa shape index (κ3) is 4.68. The molecule has 3 heteroatoms. The first-order valence-corrected chi connectivity index (χ1v) is 8.14. The van der Waals surface area contributed by atoms with Crippen LogP contribution in [-0.2, 0) is 4.79 Å². The van der Waals surface area contributed by atoms with Gasteiger partial charge < -0.3 is 10.2 Å². The summed E-state index contributed by atoms with van der Waals surface area (Å²) in [6.07, 6.45) is 9.61. The lowest BCUT2D eigenvalue weighted by atomic mass is 9.59. The second-order valence-electron chi connectivity index (χ2n) is 7.32. The fourth-order valence-corrected chi connectivity index (χ4v) is 3.46. The Labute approximate surface area is 140 Å². The fourth-order valence-electron chi connectivity index (χ4n) is 3.46. The molecule has 1 saturated carbocycles. The average Bonchev–Trinajstić information content (AvgIpc) is 2.46. The maximum absolute atomic E-state index is 10.8. The summed E-state index contributed by atoms with van der Waals surface area (Å²) in [7, 11) is 0. The van der Waals surface area contributed by atoms with Crippen molar-refractivity contribution >= 4 is 5.97 Å². The van der Waals surface area contributed by atoms with E-state index >= 15 is 0 Å². The quantitative estimate of drug-likeness (QED) is 0.430. The van der Waals surface area contributed by atoms with Crippen molar-refractivity contribution < 1.29 is 15.0 Å². The number of aliphatic hydroxyl groups is 1. The molecule has 0 aromatic carbocycles. The van der Waals surface area contributed by atoms with Gasteiger partial charge >= 0.3 is 5.97 Å². The topological polar surface area (TPSA) is 57.5 Å². The van der Waals surface area contributed by atoms with Crippen molar-refractivity contribution in [2.24, 2.45) is 17.3 Å². The maximum atomic E-state index is 10.8. The third-order valence-corrected chi connectivity index (χ3v) is 5.35. The van der Waals surface area contributed by atoms with Gasteiger partial charge in [-0.25, -0.2) is 4.79 Å². The molecule has 0 aromatic heterocycles. The summed E-state index contributed by atoms with van der Waals surface area (Å²) in [5, 5.41) is 19.7. The molecule has 0 aromatic rings. The molecule has 0 aliphatic heterocycles. The van der Waals surface area contributed by atoms with Crippen LogP contribution < -0.4 is 0 Å². The van der Waals surface area contributed by atoms with Crippen LogP contribution in [0.15, 0.2) is 48.6 Å². The Morgan fingerprint density at radius 1 is 1.39 bits per heavy atom. The lowest BCUT2D eigenvalue weighted by Gasteiger charge is -2.46. The molecule has 23 heavy (non-hydrogen) atoms. The highest BCUT2D eigenvalue weighted by molar-refractivity contribution is 5.86. The largest absolute Gasteiger partial charge is 0.478 e. The molecule has 2 unspecified atom stereocenters. The molecule has 0 spiro atoms. The van der Waals surface area contributed by atoms with Gasteiger partial charge in [-0.1, -0.05) is 43.4 Å². The minimum Gasteiger partial charge on any atom is -0.478 e. The highest BCUT2D eigenvalue weighted by Crippen LogP contribution is 2.49. The van der Waals surface area contributed by atoms with Crippen LogP contribution in [-0.4, -0.2) is 21.8 Å². The first kappa shape index (κ1) is 19.4. The molecule has 0 amide bonds. The summed E-state index contributed by atoms with van der Waals surface area (Å²) in [5.74, 6) is -0.530. The van der Waals surface area contributed by atoms with Gasteiger partial charge in [0.15, 0.2) is 0 Å². The van der Waals surface area contributed by atoms with Crippen LogP contribution >= 0.6 is 0 Å². The molecule has 4 atom stereocenters. The lowest BCUT2D eigenvalue weighted by molar-refractivity contribution is -0.132. The lowest BCUT2D eigenvalue weighted by Crippen LogP contribution is -2.42. The van der Waals surface area contributed by atoms with Crippen molar-refractivity contribution in [3.63, 3.8) is 0 Å². The zero-order chi connectivity index (χ0) is 17.8. The SMILES string of the molecule is C=CC1(C)CC[C@H](C(C)(O)/C=C/C=C(\C)C(=O)O)C[C@@H]1C(=C)C. The standard InChI is InChI=1S/C20H30O3/c1-7-19(5)12-10-16(13-17(19)14(2)3)20(6,23)11-8-9-15(4)18(21)22/h7-9,11,16-17,23H,1-2,10,12-13H2,3-6H3,(H,21,22)/b11-8+,15-9+/t16-,17+,19?,20?/m0/s1. The van der Waals surface area contributed by atoms with E-state index in [4.69, 9.17) is 5.11 Å². The van der Waals surface area contributed by atoms with Crippen LogP contribution in [0.4, 0.5) is 0 Å². The number of carboxylic acids is 1. The third-order valence-electron chi connectivity index (χ3n) is 5.35. The summed E-state index contributed by atoms with van der Waals surface area (Å²) < 4.78 is 0. The molecule has 128 valence electrons. The van der Waals surface area contributed by atoms with Gasteiger partial charge in [0.2, 0.25) is 0 Å². The molecule has 1 fully saturated rings. The van der Waals surface area contributed by atoms with Gasteiger partial charge in [0.25, 0.3) is 0 Å². The van der Waals surface area contributed by atoms with Crippen molar-refractivity contribution in [3.05, 3.63) is 48.6 Å². The molecule has 0 radical (unpaired) electrons. The normalized spacial score (nSPS) is 31.6. The van der Waals surface area contributed by atoms with Crippen molar-refractivity contribution in [1.82, 2.24) is 0 Å². The Hall–Kier alpha value is -1.61. The maximum Gasteiger partial charge on any atom is 0.331 e.